The van der Waals surface area contributed by atoms with Crippen LogP contribution in [0.3, 0.4) is 0 Å². The highest BCUT2D eigenvalue weighted by atomic mass is 35.5. The van der Waals surface area contributed by atoms with E-state index in [0.29, 0.717) is 34.6 Å². The smallest absolute Gasteiger partial charge is 0.219 e. The third-order valence-corrected chi connectivity index (χ3v) is 5.82. The summed E-state index contributed by atoms with van der Waals surface area (Å²) in [4.78, 5) is 20.7. The number of ether oxygens (including phenoxy) is 1. The summed E-state index contributed by atoms with van der Waals surface area (Å²) in [7, 11) is 1.80. The predicted octanol–water partition coefficient (Wildman–Crippen LogP) is 4.68. The van der Waals surface area contributed by atoms with Crippen LogP contribution in [0.2, 0.25) is 5.02 Å². The summed E-state index contributed by atoms with van der Waals surface area (Å²) in [5.74, 6) is 0.445. The Kier molecular flexibility index (Phi) is 8.12. The molecule has 3 N–H and O–H groups in total. The molecule has 0 bridgehead atoms. The highest BCUT2D eigenvalue weighted by molar-refractivity contribution is 6.31. The maximum atomic E-state index is 14.3. The third kappa shape index (κ3) is 6.16. The number of anilines is 1. The lowest BCUT2D eigenvalue weighted by atomic mass is 9.72. The van der Waals surface area contributed by atoms with Gasteiger partial charge in [-0.25, -0.2) is 14.4 Å². The fourth-order valence-corrected chi connectivity index (χ4v) is 4.12. The Bertz CT molecular complexity index is 1310. The van der Waals surface area contributed by atoms with Gasteiger partial charge in [0.15, 0.2) is 0 Å². The molecule has 3 aromatic rings. The lowest BCUT2D eigenvalue weighted by Crippen LogP contribution is -2.44. The van der Waals surface area contributed by atoms with Gasteiger partial charge in [-0.2, -0.15) is 0 Å². The predicted molar refractivity (Wildman–Crippen MR) is 142 cm³/mol. The van der Waals surface area contributed by atoms with Crippen LogP contribution < -0.4 is 15.4 Å². The van der Waals surface area contributed by atoms with E-state index in [1.807, 2.05) is 25.1 Å². The molecule has 1 amide bonds. The van der Waals surface area contributed by atoms with Gasteiger partial charge in [0.05, 0.1) is 10.7 Å². The molecule has 1 atom stereocenters. The molecule has 7 nitrogen and oxygen atoms in total. The largest absolute Gasteiger partial charge is 0.487 e. The third-order valence-electron chi connectivity index (χ3n) is 5.48. The van der Waals surface area contributed by atoms with Gasteiger partial charge in [-0.15, -0.1) is 0 Å². The number of para-hydroxylation sites is 1. The molecular weight excluding hydrogens is 468 g/mol. The van der Waals surface area contributed by atoms with Crippen molar-refractivity contribution in [2.24, 2.45) is 4.99 Å². The lowest BCUT2D eigenvalue weighted by molar-refractivity contribution is -0.121. The summed E-state index contributed by atoms with van der Waals surface area (Å²) in [5, 5.41) is 14.3. The number of benzene rings is 2. The van der Waals surface area contributed by atoms with E-state index in [2.05, 4.69) is 20.6 Å². The van der Waals surface area contributed by atoms with Crippen LogP contribution in [-0.4, -0.2) is 30.9 Å². The Balaban J connectivity index is 2.01. The molecule has 2 aromatic carbocycles. The molecule has 1 aromatic heterocycles. The van der Waals surface area contributed by atoms with Crippen LogP contribution in [0.4, 0.5) is 10.1 Å². The summed E-state index contributed by atoms with van der Waals surface area (Å²) in [5.41, 5.74) is 2.43. The average Bonchev–Trinajstić information content (AvgIpc) is 2.78. The molecule has 0 aliphatic heterocycles. The second-order valence-electron chi connectivity index (χ2n) is 8.66. The fourth-order valence-electron chi connectivity index (χ4n) is 3.86. The molecule has 10 heteroatoms. The SMILES string of the molecule is B[C@@](C)(NC(=O)CC)c1cc(F)cc(Cl)c1COc1cccc2c(N/C(C)=N\C=N)cc(C)nc12. The number of aromatic nitrogens is 1. The van der Waals surface area contributed by atoms with Gasteiger partial charge < -0.3 is 15.4 Å². The van der Waals surface area contributed by atoms with Gasteiger partial charge in [0.2, 0.25) is 5.91 Å². The summed E-state index contributed by atoms with van der Waals surface area (Å²) >= 11 is 6.44. The zero-order valence-electron chi connectivity index (χ0n) is 20.4. The molecule has 1 heterocycles. The molecule has 3 rings (SSSR count). The molecule has 0 unspecified atom stereocenters. The van der Waals surface area contributed by atoms with Gasteiger partial charge in [0.25, 0.3) is 0 Å². The monoisotopic (exact) mass is 495 g/mol. The van der Waals surface area contributed by atoms with Gasteiger partial charge in [-0.1, -0.05) is 30.7 Å². The Morgan fingerprint density at radius 3 is 2.80 bits per heavy atom. The number of carbonyl (C=O) groups is 1. The van der Waals surface area contributed by atoms with Crippen molar-refractivity contribution < 1.29 is 13.9 Å². The normalized spacial score (nSPS) is 13.3. The number of pyridine rings is 1. The quantitative estimate of drug-likeness (QED) is 0.240. The molecule has 35 heavy (non-hydrogen) atoms. The van der Waals surface area contributed by atoms with Gasteiger partial charge in [0.1, 0.15) is 43.7 Å². The maximum absolute atomic E-state index is 14.3. The number of nitrogens with zero attached hydrogens (tertiary/aromatic N) is 2. The second-order valence-corrected chi connectivity index (χ2v) is 9.07. The molecule has 0 aliphatic rings. The van der Waals surface area contributed by atoms with Crippen LogP contribution in [0.25, 0.3) is 10.9 Å². The summed E-state index contributed by atoms with van der Waals surface area (Å²) in [6.45, 7) is 7.24. The number of amidine groups is 1. The van der Waals surface area contributed by atoms with Crippen LogP contribution in [-0.2, 0) is 16.8 Å². The number of hydrogen-bond donors (Lipinski definition) is 3. The van der Waals surface area contributed by atoms with Gasteiger partial charge >= 0.3 is 0 Å². The first kappa shape index (κ1) is 26.2. The van der Waals surface area contributed by atoms with E-state index >= 15 is 0 Å². The minimum Gasteiger partial charge on any atom is -0.487 e. The molecule has 0 saturated heterocycles. The molecule has 0 saturated carbocycles. The zero-order valence-corrected chi connectivity index (χ0v) is 21.2. The lowest BCUT2D eigenvalue weighted by Gasteiger charge is -2.30. The van der Waals surface area contributed by atoms with Crippen LogP contribution >= 0.6 is 11.6 Å². The first-order chi connectivity index (χ1) is 16.6. The van der Waals surface area contributed by atoms with Crippen LogP contribution in [0, 0.1) is 18.2 Å². The van der Waals surface area contributed by atoms with E-state index in [4.69, 9.17) is 21.7 Å². The molecule has 0 radical (unpaired) electrons. The van der Waals surface area contributed by atoms with E-state index in [-0.39, 0.29) is 17.5 Å². The van der Waals surface area contributed by atoms with Crippen molar-refractivity contribution in [3.8, 4) is 5.75 Å². The summed E-state index contributed by atoms with van der Waals surface area (Å²) in [6.07, 6.45) is 1.28. The molecule has 0 fully saturated rings. The maximum Gasteiger partial charge on any atom is 0.219 e. The van der Waals surface area contributed by atoms with E-state index in [1.165, 1.54) is 12.1 Å². The van der Waals surface area contributed by atoms with Crippen molar-refractivity contribution in [3.63, 3.8) is 0 Å². The van der Waals surface area contributed by atoms with Crippen LogP contribution in [0.15, 0.2) is 41.4 Å². The van der Waals surface area contributed by atoms with Crippen molar-refractivity contribution in [1.82, 2.24) is 10.3 Å². The number of aryl methyl sites for hydroxylation is 1. The molecule has 182 valence electrons. The number of fused-ring (bicyclic) bond motifs is 1. The van der Waals surface area contributed by atoms with Crippen molar-refractivity contribution in [2.45, 2.75) is 46.2 Å². The Morgan fingerprint density at radius 1 is 1.37 bits per heavy atom. The van der Waals surface area contributed by atoms with E-state index in [1.54, 1.807) is 34.7 Å². The Morgan fingerprint density at radius 2 is 2.11 bits per heavy atom. The minimum atomic E-state index is -0.867. The van der Waals surface area contributed by atoms with Gasteiger partial charge in [-0.05, 0) is 50.6 Å². The van der Waals surface area contributed by atoms with Crippen LogP contribution in [0.5, 0.6) is 5.75 Å². The number of rotatable bonds is 8. The highest BCUT2D eigenvalue weighted by Gasteiger charge is 2.27. The Labute approximate surface area is 210 Å². The highest BCUT2D eigenvalue weighted by Crippen LogP contribution is 2.33. The van der Waals surface area contributed by atoms with E-state index in [0.717, 1.165) is 23.1 Å². The zero-order chi connectivity index (χ0) is 25.8. The topological polar surface area (TPSA) is 99.5 Å². The van der Waals surface area contributed by atoms with Crippen molar-refractivity contribution >= 4 is 54.1 Å². The minimum absolute atomic E-state index is 0.0473. The molecular formula is C25H28BClFN5O2. The average molecular weight is 496 g/mol. The van der Waals surface area contributed by atoms with Gasteiger partial charge in [-0.3, -0.25) is 10.2 Å². The van der Waals surface area contributed by atoms with Crippen LogP contribution in [0.1, 0.15) is 44.0 Å². The van der Waals surface area contributed by atoms with Crippen molar-refractivity contribution in [3.05, 3.63) is 64.1 Å². The first-order valence-electron chi connectivity index (χ1n) is 11.2. The standard InChI is InChI=1S/C25H28BClFN5O2/c1-5-23(34)33-25(4,26)19-10-16(28)11-20(27)18(19)12-35-22-8-6-7-17-21(32-15(3)30-13-29)9-14(2)31-24(17)22/h6-11,13H,5,12,26H2,1-4H3,(H,33,34)(H2,29,30,31,32)/t25-/m0/s1. The number of hydrogen-bond acceptors (Lipinski definition) is 4. The van der Waals surface area contributed by atoms with E-state index < -0.39 is 11.3 Å². The van der Waals surface area contributed by atoms with Crippen molar-refractivity contribution in [1.29, 1.82) is 5.41 Å². The van der Waals surface area contributed by atoms with Crippen molar-refractivity contribution in [2.75, 3.05) is 5.32 Å². The van der Waals surface area contributed by atoms with E-state index in [9.17, 15) is 9.18 Å². The number of nitrogens with one attached hydrogen (secondary N) is 3. The Hall–Kier alpha value is -3.46. The fraction of sp³-hybridized carbons (Fsp3) is 0.280. The number of halogens is 2. The molecule has 0 aliphatic carbocycles. The first-order valence-corrected chi connectivity index (χ1v) is 11.6. The summed E-state index contributed by atoms with van der Waals surface area (Å²) < 4.78 is 20.5. The summed E-state index contributed by atoms with van der Waals surface area (Å²) in [6, 6.07) is 10.1. The number of amides is 1. The number of carbonyl (C=O) groups excluding carboxylic acids is 1. The second kappa shape index (κ2) is 10.9. The molecule has 0 spiro atoms. The van der Waals surface area contributed by atoms with Gasteiger partial charge in [0, 0.05) is 28.5 Å². The number of aliphatic imine (C=N–C) groups is 1.